The molecule has 3 unspecified atom stereocenters. The van der Waals surface area contributed by atoms with Crippen LogP contribution in [0.4, 0.5) is 0 Å². The van der Waals surface area contributed by atoms with E-state index >= 15 is 0 Å². The van der Waals surface area contributed by atoms with E-state index in [-0.39, 0.29) is 11.8 Å². The normalized spacial score (nSPS) is 32.1. The molecule has 0 aromatic heterocycles. The molecule has 19 heavy (non-hydrogen) atoms. The van der Waals surface area contributed by atoms with E-state index < -0.39 is 11.9 Å². The van der Waals surface area contributed by atoms with Crippen LogP contribution in [-0.2, 0) is 9.59 Å². The maximum absolute atomic E-state index is 12.6. The first kappa shape index (κ1) is 14.4. The van der Waals surface area contributed by atoms with Crippen molar-refractivity contribution in [3.63, 3.8) is 0 Å². The molecule has 3 atom stereocenters. The van der Waals surface area contributed by atoms with Crippen LogP contribution in [0.5, 0.6) is 0 Å². The van der Waals surface area contributed by atoms with Gasteiger partial charge in [-0.25, -0.2) is 0 Å². The topological polar surface area (TPSA) is 57.6 Å². The lowest BCUT2D eigenvalue weighted by molar-refractivity contribution is -0.153. The van der Waals surface area contributed by atoms with E-state index in [2.05, 4.69) is 6.92 Å². The Morgan fingerprint density at radius 1 is 1.11 bits per heavy atom. The van der Waals surface area contributed by atoms with Gasteiger partial charge in [-0.1, -0.05) is 26.2 Å². The van der Waals surface area contributed by atoms with Crippen LogP contribution in [0.25, 0.3) is 0 Å². The number of likely N-dealkylation sites (tertiary alicyclic amines) is 1. The van der Waals surface area contributed by atoms with Crippen molar-refractivity contribution in [3.05, 3.63) is 0 Å². The minimum Gasteiger partial charge on any atom is -0.481 e. The summed E-state index contributed by atoms with van der Waals surface area (Å²) in [7, 11) is 0. The standard InChI is InChI=1S/C15H25NO3/c1-2-11-6-5-9-16(10-11)14(17)12-7-3-4-8-13(12)15(18)19/h11-13H,2-10H2,1H3,(H,18,19). The van der Waals surface area contributed by atoms with Crippen LogP contribution in [0.3, 0.4) is 0 Å². The smallest absolute Gasteiger partial charge is 0.307 e. The number of aliphatic carboxylic acids is 1. The summed E-state index contributed by atoms with van der Waals surface area (Å²) >= 11 is 0. The summed E-state index contributed by atoms with van der Waals surface area (Å²) in [6.45, 7) is 3.82. The van der Waals surface area contributed by atoms with Crippen molar-refractivity contribution in [2.45, 2.75) is 51.9 Å². The summed E-state index contributed by atoms with van der Waals surface area (Å²) in [4.78, 5) is 25.8. The highest BCUT2D eigenvalue weighted by molar-refractivity contribution is 5.85. The summed E-state index contributed by atoms with van der Waals surface area (Å²) in [6, 6.07) is 0. The molecular formula is C15H25NO3. The number of nitrogens with zero attached hydrogens (tertiary/aromatic N) is 1. The van der Waals surface area contributed by atoms with E-state index in [9.17, 15) is 14.7 Å². The number of hydrogen-bond acceptors (Lipinski definition) is 2. The van der Waals surface area contributed by atoms with E-state index in [4.69, 9.17) is 0 Å². The van der Waals surface area contributed by atoms with Gasteiger partial charge in [0.2, 0.25) is 5.91 Å². The van der Waals surface area contributed by atoms with Crippen molar-refractivity contribution in [2.24, 2.45) is 17.8 Å². The zero-order chi connectivity index (χ0) is 13.8. The van der Waals surface area contributed by atoms with Gasteiger partial charge in [0.05, 0.1) is 11.8 Å². The molecule has 0 radical (unpaired) electrons. The maximum Gasteiger partial charge on any atom is 0.307 e. The van der Waals surface area contributed by atoms with Gasteiger partial charge >= 0.3 is 5.97 Å². The quantitative estimate of drug-likeness (QED) is 0.855. The molecule has 0 bridgehead atoms. The zero-order valence-corrected chi connectivity index (χ0v) is 11.8. The molecule has 1 saturated carbocycles. The van der Waals surface area contributed by atoms with E-state index in [0.717, 1.165) is 45.2 Å². The van der Waals surface area contributed by atoms with Gasteiger partial charge in [-0.3, -0.25) is 9.59 Å². The number of piperidine rings is 1. The molecule has 4 nitrogen and oxygen atoms in total. The molecule has 2 aliphatic rings. The highest BCUT2D eigenvalue weighted by atomic mass is 16.4. The largest absolute Gasteiger partial charge is 0.481 e. The third-order valence-electron chi connectivity index (χ3n) is 4.81. The second-order valence-electron chi connectivity index (χ2n) is 6.04. The predicted octanol–water partition coefficient (Wildman–Crippen LogP) is 2.53. The van der Waals surface area contributed by atoms with Crippen LogP contribution in [0.1, 0.15) is 51.9 Å². The minimum absolute atomic E-state index is 0.102. The van der Waals surface area contributed by atoms with Crippen molar-refractivity contribution in [2.75, 3.05) is 13.1 Å². The minimum atomic E-state index is -0.790. The molecule has 2 fully saturated rings. The highest BCUT2D eigenvalue weighted by Gasteiger charge is 2.38. The molecule has 1 saturated heterocycles. The summed E-state index contributed by atoms with van der Waals surface area (Å²) in [5, 5.41) is 9.28. The molecular weight excluding hydrogens is 242 g/mol. The molecule has 1 aliphatic carbocycles. The van der Waals surface area contributed by atoms with Gasteiger partial charge in [-0.15, -0.1) is 0 Å². The van der Waals surface area contributed by atoms with Crippen molar-refractivity contribution in [1.82, 2.24) is 4.90 Å². The lowest BCUT2D eigenvalue weighted by Gasteiger charge is -2.37. The van der Waals surface area contributed by atoms with Gasteiger partial charge in [0, 0.05) is 13.1 Å². The third-order valence-corrected chi connectivity index (χ3v) is 4.81. The van der Waals surface area contributed by atoms with Crippen LogP contribution in [0.15, 0.2) is 0 Å². The van der Waals surface area contributed by atoms with Crippen molar-refractivity contribution < 1.29 is 14.7 Å². The SMILES string of the molecule is CCC1CCCN(C(=O)C2CCCCC2C(=O)O)C1. The number of carboxylic acids is 1. The second kappa shape index (κ2) is 6.40. The molecule has 1 aliphatic heterocycles. The predicted molar refractivity (Wildman–Crippen MR) is 72.7 cm³/mol. The summed E-state index contributed by atoms with van der Waals surface area (Å²) in [5.41, 5.74) is 0. The average Bonchev–Trinajstić information content (AvgIpc) is 2.46. The van der Waals surface area contributed by atoms with Crippen molar-refractivity contribution >= 4 is 11.9 Å². The first-order valence-electron chi connectivity index (χ1n) is 7.65. The average molecular weight is 267 g/mol. The number of hydrogen-bond donors (Lipinski definition) is 1. The Bertz CT molecular complexity index is 342. The zero-order valence-electron chi connectivity index (χ0n) is 11.8. The second-order valence-corrected chi connectivity index (χ2v) is 6.04. The van der Waals surface area contributed by atoms with Crippen molar-refractivity contribution in [3.8, 4) is 0 Å². The molecule has 108 valence electrons. The number of carboxylic acid groups (broad SMARTS) is 1. The Labute approximate surface area is 115 Å². The molecule has 1 amide bonds. The fourth-order valence-corrected chi connectivity index (χ4v) is 3.56. The van der Waals surface area contributed by atoms with Crippen LogP contribution in [-0.4, -0.2) is 35.0 Å². The number of carbonyl (C=O) groups is 2. The summed E-state index contributed by atoms with van der Waals surface area (Å²) in [6.07, 6.45) is 6.72. The Hall–Kier alpha value is -1.06. The first-order valence-corrected chi connectivity index (χ1v) is 7.65. The molecule has 1 heterocycles. The van der Waals surface area contributed by atoms with Crippen molar-refractivity contribution in [1.29, 1.82) is 0 Å². The van der Waals surface area contributed by atoms with Crippen LogP contribution in [0.2, 0.25) is 0 Å². The number of rotatable bonds is 3. The van der Waals surface area contributed by atoms with Gasteiger partial charge in [-0.05, 0) is 31.6 Å². The Kier molecular flexibility index (Phi) is 4.83. The molecule has 2 rings (SSSR count). The van der Waals surface area contributed by atoms with Gasteiger partial charge in [-0.2, -0.15) is 0 Å². The molecule has 1 N–H and O–H groups in total. The molecule has 4 heteroatoms. The van der Waals surface area contributed by atoms with Gasteiger partial charge in [0.25, 0.3) is 0 Å². The maximum atomic E-state index is 12.6. The van der Waals surface area contributed by atoms with Crippen LogP contribution < -0.4 is 0 Å². The van der Waals surface area contributed by atoms with Gasteiger partial charge < -0.3 is 10.0 Å². The third kappa shape index (κ3) is 3.28. The summed E-state index contributed by atoms with van der Waals surface area (Å²) in [5.74, 6) is -0.818. The fraction of sp³-hybridized carbons (Fsp3) is 0.867. The highest BCUT2D eigenvalue weighted by Crippen LogP contribution is 2.33. The van der Waals surface area contributed by atoms with Crippen LogP contribution >= 0.6 is 0 Å². The fourth-order valence-electron chi connectivity index (χ4n) is 3.56. The first-order chi connectivity index (χ1) is 9.13. The van der Waals surface area contributed by atoms with E-state index in [1.54, 1.807) is 0 Å². The molecule has 0 aromatic rings. The lowest BCUT2D eigenvalue weighted by Crippen LogP contribution is -2.46. The van der Waals surface area contributed by atoms with E-state index in [0.29, 0.717) is 12.3 Å². The van der Waals surface area contributed by atoms with Gasteiger partial charge in [0.15, 0.2) is 0 Å². The summed E-state index contributed by atoms with van der Waals surface area (Å²) < 4.78 is 0. The molecule has 0 aromatic carbocycles. The van der Waals surface area contributed by atoms with Gasteiger partial charge in [0.1, 0.15) is 0 Å². The van der Waals surface area contributed by atoms with E-state index in [1.807, 2.05) is 4.90 Å². The number of amides is 1. The lowest BCUT2D eigenvalue weighted by atomic mass is 9.78. The molecule has 0 spiro atoms. The Morgan fingerprint density at radius 3 is 2.42 bits per heavy atom. The number of carbonyl (C=O) groups excluding carboxylic acids is 1. The van der Waals surface area contributed by atoms with E-state index in [1.165, 1.54) is 6.42 Å². The Balaban J connectivity index is 2.02. The van der Waals surface area contributed by atoms with Crippen LogP contribution in [0, 0.1) is 17.8 Å². The monoisotopic (exact) mass is 267 g/mol. The Morgan fingerprint density at radius 2 is 1.79 bits per heavy atom.